The van der Waals surface area contributed by atoms with Crippen molar-refractivity contribution in [3.63, 3.8) is 0 Å². The maximum atomic E-state index is 13.6. The quantitative estimate of drug-likeness (QED) is 0.756. The van der Waals surface area contributed by atoms with Crippen LogP contribution in [0.5, 0.6) is 5.75 Å². The second-order valence-electron chi connectivity index (χ2n) is 3.75. The van der Waals surface area contributed by atoms with Gasteiger partial charge in [0.1, 0.15) is 5.56 Å². The average Bonchev–Trinajstić information content (AvgIpc) is 2.40. The van der Waals surface area contributed by atoms with Crippen molar-refractivity contribution < 1.29 is 28.6 Å². The first kappa shape index (κ1) is 15.4. The first-order chi connectivity index (χ1) is 9.36. The topological polar surface area (TPSA) is 105 Å². The molecule has 3 amide bonds. The zero-order valence-corrected chi connectivity index (χ0v) is 10.8. The van der Waals surface area contributed by atoms with Gasteiger partial charge in [-0.15, -0.1) is 0 Å². The highest BCUT2D eigenvalue weighted by atomic mass is 19.1. The molecule has 1 aromatic rings. The van der Waals surface area contributed by atoms with Gasteiger partial charge >= 0.3 is 12.0 Å². The number of imide groups is 1. The highest BCUT2D eigenvalue weighted by Crippen LogP contribution is 2.23. The molecule has 0 fully saturated rings. The fraction of sp³-hybridized carbons (Fsp3) is 0.250. The summed E-state index contributed by atoms with van der Waals surface area (Å²) in [6, 6.07) is 2.60. The molecule has 8 heteroatoms. The monoisotopic (exact) mass is 284 g/mol. The summed E-state index contributed by atoms with van der Waals surface area (Å²) in [6.07, 6.45) is -1.25. The number of aromatic carboxylic acids is 1. The van der Waals surface area contributed by atoms with Crippen molar-refractivity contribution in [1.29, 1.82) is 0 Å². The van der Waals surface area contributed by atoms with Crippen molar-refractivity contribution in [3.05, 3.63) is 29.6 Å². The maximum Gasteiger partial charge on any atom is 0.339 e. The lowest BCUT2D eigenvalue weighted by atomic mass is 10.2. The van der Waals surface area contributed by atoms with Crippen LogP contribution in [-0.2, 0) is 4.79 Å². The molecule has 7 nitrogen and oxygen atoms in total. The van der Waals surface area contributed by atoms with Crippen LogP contribution in [0.1, 0.15) is 17.3 Å². The summed E-state index contributed by atoms with van der Waals surface area (Å²) >= 11 is 0. The van der Waals surface area contributed by atoms with Gasteiger partial charge in [0, 0.05) is 7.05 Å². The summed E-state index contributed by atoms with van der Waals surface area (Å²) < 4.78 is 18.6. The summed E-state index contributed by atoms with van der Waals surface area (Å²) in [7, 11) is 1.31. The van der Waals surface area contributed by atoms with Gasteiger partial charge in [-0.2, -0.15) is 0 Å². The van der Waals surface area contributed by atoms with Crippen LogP contribution in [0.2, 0.25) is 0 Å². The number of hydrogen-bond donors (Lipinski definition) is 3. The molecule has 1 rings (SSSR count). The number of carboxylic acids is 1. The molecule has 0 heterocycles. The largest absolute Gasteiger partial charge is 0.478 e. The molecule has 0 radical (unpaired) electrons. The van der Waals surface area contributed by atoms with E-state index in [2.05, 4.69) is 5.32 Å². The van der Waals surface area contributed by atoms with E-state index in [4.69, 9.17) is 9.84 Å². The average molecular weight is 284 g/mol. The van der Waals surface area contributed by atoms with E-state index in [1.54, 1.807) is 0 Å². The SMILES string of the molecule is CNC(=O)NC(=O)C(C)Oc1c(F)cccc1C(=O)O. The third-order valence-electron chi connectivity index (χ3n) is 2.33. The first-order valence-electron chi connectivity index (χ1n) is 5.57. The molecule has 3 N–H and O–H groups in total. The van der Waals surface area contributed by atoms with Crippen LogP contribution in [0.4, 0.5) is 9.18 Å². The summed E-state index contributed by atoms with van der Waals surface area (Å²) in [6.45, 7) is 1.26. The highest BCUT2D eigenvalue weighted by molar-refractivity contribution is 5.96. The second kappa shape index (κ2) is 6.50. The van der Waals surface area contributed by atoms with Crippen LogP contribution in [0.15, 0.2) is 18.2 Å². The van der Waals surface area contributed by atoms with Crippen LogP contribution in [0.25, 0.3) is 0 Å². The van der Waals surface area contributed by atoms with E-state index in [1.165, 1.54) is 20.0 Å². The van der Waals surface area contributed by atoms with Crippen LogP contribution in [0, 0.1) is 5.82 Å². The number of urea groups is 1. The maximum absolute atomic E-state index is 13.6. The van der Waals surface area contributed by atoms with E-state index in [0.29, 0.717) is 0 Å². The van der Waals surface area contributed by atoms with Crippen LogP contribution in [-0.4, -0.2) is 36.2 Å². The predicted molar refractivity (Wildman–Crippen MR) is 66.0 cm³/mol. The number of rotatable bonds is 4. The van der Waals surface area contributed by atoms with E-state index >= 15 is 0 Å². The van der Waals surface area contributed by atoms with E-state index in [1.807, 2.05) is 5.32 Å². The number of halogens is 1. The zero-order chi connectivity index (χ0) is 15.3. The molecule has 0 bridgehead atoms. The summed E-state index contributed by atoms with van der Waals surface area (Å²) in [4.78, 5) is 33.4. The minimum atomic E-state index is -1.39. The number of amides is 3. The smallest absolute Gasteiger partial charge is 0.339 e. The van der Waals surface area contributed by atoms with E-state index in [0.717, 1.165) is 12.1 Å². The number of nitrogens with one attached hydrogen (secondary N) is 2. The molecule has 0 spiro atoms. The van der Waals surface area contributed by atoms with Gasteiger partial charge in [0.05, 0.1) is 0 Å². The molecule has 0 saturated carbocycles. The Morgan fingerprint density at radius 1 is 1.35 bits per heavy atom. The van der Waals surface area contributed by atoms with Crippen molar-refractivity contribution in [3.8, 4) is 5.75 Å². The normalized spacial score (nSPS) is 11.3. The van der Waals surface area contributed by atoms with Crippen LogP contribution < -0.4 is 15.4 Å². The number of benzene rings is 1. The molecule has 20 heavy (non-hydrogen) atoms. The number of carboxylic acid groups (broad SMARTS) is 1. The lowest BCUT2D eigenvalue weighted by Gasteiger charge is -2.16. The fourth-order valence-corrected chi connectivity index (χ4v) is 1.30. The number of hydrogen-bond acceptors (Lipinski definition) is 4. The van der Waals surface area contributed by atoms with Crippen LogP contribution in [0.3, 0.4) is 0 Å². The van der Waals surface area contributed by atoms with Gasteiger partial charge in [0.2, 0.25) is 0 Å². The molecule has 1 atom stereocenters. The van der Waals surface area contributed by atoms with Crippen molar-refractivity contribution in [2.45, 2.75) is 13.0 Å². The standard InChI is InChI=1S/C12H13FN2O5/c1-6(10(16)15-12(19)14-2)20-9-7(11(17)18)4-3-5-8(9)13/h3-6H,1-2H3,(H,17,18)(H2,14,15,16,19). The summed E-state index contributed by atoms with van der Waals surface area (Å²) in [5.74, 6) is -3.69. The molecule has 1 unspecified atom stereocenters. The van der Waals surface area contributed by atoms with Crippen molar-refractivity contribution in [1.82, 2.24) is 10.6 Å². The Balaban J connectivity index is 2.90. The highest BCUT2D eigenvalue weighted by Gasteiger charge is 2.22. The molecular formula is C12H13FN2O5. The van der Waals surface area contributed by atoms with Gasteiger partial charge in [0.25, 0.3) is 5.91 Å². The second-order valence-corrected chi connectivity index (χ2v) is 3.75. The Bertz CT molecular complexity index is 547. The van der Waals surface area contributed by atoms with Gasteiger partial charge in [0.15, 0.2) is 17.7 Å². The van der Waals surface area contributed by atoms with Crippen LogP contribution >= 0.6 is 0 Å². The van der Waals surface area contributed by atoms with Gasteiger partial charge in [-0.3, -0.25) is 10.1 Å². The molecule has 0 aromatic heterocycles. The van der Waals surface area contributed by atoms with Crippen molar-refractivity contribution in [2.75, 3.05) is 7.05 Å². The lowest BCUT2D eigenvalue weighted by molar-refractivity contribution is -0.126. The Kier molecular flexibility index (Phi) is 5.01. The molecule has 0 aliphatic heterocycles. The molecule has 108 valence electrons. The zero-order valence-electron chi connectivity index (χ0n) is 10.8. The Hall–Kier alpha value is -2.64. The Morgan fingerprint density at radius 2 is 2.00 bits per heavy atom. The minimum absolute atomic E-state index is 0.412. The summed E-state index contributed by atoms with van der Waals surface area (Å²) in [5, 5.41) is 13.0. The number of carbonyl (C=O) groups excluding carboxylic acids is 2. The predicted octanol–water partition coefficient (Wildman–Crippen LogP) is 0.747. The molecule has 0 saturated heterocycles. The molecule has 0 aliphatic rings. The van der Waals surface area contributed by atoms with E-state index in [9.17, 15) is 18.8 Å². The number of para-hydroxylation sites is 1. The number of ether oxygens (including phenoxy) is 1. The van der Waals surface area contributed by atoms with Gasteiger partial charge < -0.3 is 15.2 Å². The fourth-order valence-electron chi connectivity index (χ4n) is 1.30. The van der Waals surface area contributed by atoms with Crippen molar-refractivity contribution in [2.24, 2.45) is 0 Å². The van der Waals surface area contributed by atoms with Crippen molar-refractivity contribution >= 4 is 17.9 Å². The van der Waals surface area contributed by atoms with E-state index in [-0.39, 0.29) is 0 Å². The summed E-state index contributed by atoms with van der Waals surface area (Å²) in [5.41, 5.74) is -0.412. The minimum Gasteiger partial charge on any atom is -0.478 e. The molecule has 1 aromatic carbocycles. The Labute approximate surface area is 113 Å². The van der Waals surface area contributed by atoms with Gasteiger partial charge in [-0.25, -0.2) is 14.0 Å². The van der Waals surface area contributed by atoms with Gasteiger partial charge in [-0.1, -0.05) is 6.07 Å². The molecule has 0 aliphatic carbocycles. The lowest BCUT2D eigenvalue weighted by Crippen LogP contribution is -2.44. The number of carbonyl (C=O) groups is 3. The van der Waals surface area contributed by atoms with E-state index < -0.39 is 41.1 Å². The van der Waals surface area contributed by atoms with Gasteiger partial charge in [-0.05, 0) is 19.1 Å². The third-order valence-corrected chi connectivity index (χ3v) is 2.33. The Morgan fingerprint density at radius 3 is 2.55 bits per heavy atom. The first-order valence-corrected chi connectivity index (χ1v) is 5.57. The third kappa shape index (κ3) is 3.67. The molecular weight excluding hydrogens is 271 g/mol.